The summed E-state index contributed by atoms with van der Waals surface area (Å²) in [6.07, 6.45) is 0.0462. The minimum absolute atomic E-state index is 0.0462. The van der Waals surface area contributed by atoms with Gasteiger partial charge in [0.15, 0.2) is 0 Å². The molecule has 0 unspecified atom stereocenters. The number of nitrogens with one attached hydrogen (secondary N) is 1. The first-order valence-electron chi connectivity index (χ1n) is 6.74. The summed E-state index contributed by atoms with van der Waals surface area (Å²) in [5.74, 6) is -0.968. The predicted molar refractivity (Wildman–Crippen MR) is 78.9 cm³/mol. The molecular weight excluding hydrogens is 256 g/mol. The monoisotopic (exact) mass is 278 g/mol. The summed E-state index contributed by atoms with van der Waals surface area (Å²) in [6.45, 7) is 7.10. The third-order valence-electron chi connectivity index (χ3n) is 3.34. The Kier molecular flexibility index (Phi) is 6.18. The zero-order valence-electron chi connectivity index (χ0n) is 12.3. The van der Waals surface area contributed by atoms with Crippen LogP contribution >= 0.6 is 0 Å². The van der Waals surface area contributed by atoms with Crippen LogP contribution in [0, 0.1) is 13.8 Å². The van der Waals surface area contributed by atoms with Crippen LogP contribution in [0.1, 0.15) is 24.5 Å². The third-order valence-corrected chi connectivity index (χ3v) is 3.34. The number of rotatable bonds is 7. The van der Waals surface area contributed by atoms with Crippen molar-refractivity contribution in [1.29, 1.82) is 0 Å². The fourth-order valence-electron chi connectivity index (χ4n) is 1.88. The first-order chi connectivity index (χ1) is 9.43. The number of carbonyl (C=O) groups is 2. The van der Waals surface area contributed by atoms with Crippen molar-refractivity contribution in [2.45, 2.75) is 27.2 Å². The Bertz CT molecular complexity index is 486. The Morgan fingerprint density at radius 2 is 2.00 bits per heavy atom. The highest BCUT2D eigenvalue weighted by molar-refractivity contribution is 5.93. The highest BCUT2D eigenvalue weighted by Crippen LogP contribution is 2.17. The predicted octanol–water partition coefficient (Wildman–Crippen LogP) is 2.04. The van der Waals surface area contributed by atoms with Crippen LogP contribution in [-0.2, 0) is 9.59 Å². The Morgan fingerprint density at radius 3 is 2.60 bits per heavy atom. The summed E-state index contributed by atoms with van der Waals surface area (Å²) in [7, 11) is 0. The second-order valence-electron chi connectivity index (χ2n) is 4.81. The molecule has 110 valence electrons. The number of anilines is 1. The highest BCUT2D eigenvalue weighted by Gasteiger charge is 2.11. The highest BCUT2D eigenvalue weighted by atomic mass is 16.4. The van der Waals surface area contributed by atoms with Crippen molar-refractivity contribution in [2.75, 3.05) is 25.0 Å². The smallest absolute Gasteiger partial charge is 0.304 e. The molecule has 1 aromatic carbocycles. The Hall–Kier alpha value is -1.88. The molecule has 0 spiro atoms. The van der Waals surface area contributed by atoms with Gasteiger partial charge in [-0.05, 0) is 37.6 Å². The zero-order valence-corrected chi connectivity index (χ0v) is 12.3. The molecule has 1 amide bonds. The number of hydrogen-bond acceptors (Lipinski definition) is 3. The molecule has 0 aliphatic heterocycles. The van der Waals surface area contributed by atoms with Gasteiger partial charge in [0, 0.05) is 12.2 Å². The minimum Gasteiger partial charge on any atom is -0.481 e. The standard InChI is InChI=1S/C15H22N2O3/c1-4-17(9-8-15(19)20)10-14(18)16-13-7-5-6-11(2)12(13)3/h5-7H,4,8-10H2,1-3H3,(H,16,18)(H,19,20). The number of carbonyl (C=O) groups excluding carboxylic acids is 1. The molecule has 0 radical (unpaired) electrons. The van der Waals surface area contributed by atoms with Crippen LogP contribution in [-0.4, -0.2) is 41.5 Å². The van der Waals surface area contributed by atoms with Crippen LogP contribution in [0.25, 0.3) is 0 Å². The number of amides is 1. The van der Waals surface area contributed by atoms with Crippen molar-refractivity contribution in [1.82, 2.24) is 4.90 Å². The van der Waals surface area contributed by atoms with E-state index >= 15 is 0 Å². The molecule has 2 N–H and O–H groups in total. The molecule has 0 bridgehead atoms. The SMILES string of the molecule is CCN(CCC(=O)O)CC(=O)Nc1cccc(C)c1C. The molecule has 20 heavy (non-hydrogen) atoms. The van der Waals surface area contributed by atoms with E-state index in [0.717, 1.165) is 16.8 Å². The van der Waals surface area contributed by atoms with Crippen molar-refractivity contribution in [2.24, 2.45) is 0 Å². The van der Waals surface area contributed by atoms with E-state index in [2.05, 4.69) is 5.32 Å². The van der Waals surface area contributed by atoms with Crippen molar-refractivity contribution in [3.8, 4) is 0 Å². The molecule has 0 aliphatic carbocycles. The molecule has 0 aromatic heterocycles. The topological polar surface area (TPSA) is 69.6 Å². The van der Waals surface area contributed by atoms with E-state index in [1.807, 2.05) is 43.9 Å². The first kappa shape index (κ1) is 16.2. The second kappa shape index (κ2) is 7.65. The lowest BCUT2D eigenvalue weighted by atomic mass is 10.1. The molecule has 0 saturated carbocycles. The van der Waals surface area contributed by atoms with E-state index < -0.39 is 5.97 Å². The van der Waals surface area contributed by atoms with E-state index in [4.69, 9.17) is 5.11 Å². The van der Waals surface area contributed by atoms with Crippen molar-refractivity contribution < 1.29 is 14.7 Å². The van der Waals surface area contributed by atoms with Crippen LogP contribution in [0.4, 0.5) is 5.69 Å². The number of nitrogens with zero attached hydrogens (tertiary/aromatic N) is 1. The largest absolute Gasteiger partial charge is 0.481 e. The van der Waals surface area contributed by atoms with E-state index in [9.17, 15) is 9.59 Å². The number of benzene rings is 1. The molecule has 0 aliphatic rings. The zero-order chi connectivity index (χ0) is 15.1. The average Bonchev–Trinajstić information content (AvgIpc) is 2.39. The first-order valence-corrected chi connectivity index (χ1v) is 6.74. The average molecular weight is 278 g/mol. The molecule has 0 heterocycles. The summed E-state index contributed by atoms with van der Waals surface area (Å²) in [5.41, 5.74) is 2.99. The van der Waals surface area contributed by atoms with Crippen LogP contribution in [0.5, 0.6) is 0 Å². The van der Waals surface area contributed by atoms with Crippen LogP contribution in [0.2, 0.25) is 0 Å². The van der Waals surface area contributed by atoms with Gasteiger partial charge in [0.1, 0.15) is 0 Å². The van der Waals surface area contributed by atoms with Crippen LogP contribution in [0.3, 0.4) is 0 Å². The van der Waals surface area contributed by atoms with Gasteiger partial charge in [-0.1, -0.05) is 19.1 Å². The van der Waals surface area contributed by atoms with Gasteiger partial charge in [-0.3, -0.25) is 14.5 Å². The van der Waals surface area contributed by atoms with Gasteiger partial charge in [0.2, 0.25) is 5.91 Å². The molecule has 5 nitrogen and oxygen atoms in total. The molecule has 0 atom stereocenters. The second-order valence-corrected chi connectivity index (χ2v) is 4.81. The molecule has 0 fully saturated rings. The van der Waals surface area contributed by atoms with E-state index in [1.165, 1.54) is 0 Å². The number of aryl methyl sites for hydroxylation is 1. The Morgan fingerprint density at radius 1 is 1.30 bits per heavy atom. The lowest BCUT2D eigenvalue weighted by molar-refractivity contribution is -0.137. The lowest BCUT2D eigenvalue weighted by Crippen LogP contribution is -2.34. The van der Waals surface area contributed by atoms with E-state index in [1.54, 1.807) is 0 Å². The van der Waals surface area contributed by atoms with Gasteiger partial charge in [0.25, 0.3) is 0 Å². The van der Waals surface area contributed by atoms with Crippen molar-refractivity contribution in [3.63, 3.8) is 0 Å². The van der Waals surface area contributed by atoms with Gasteiger partial charge in [0.05, 0.1) is 13.0 Å². The summed E-state index contributed by atoms with van der Waals surface area (Å²) in [6, 6.07) is 5.77. The summed E-state index contributed by atoms with van der Waals surface area (Å²) >= 11 is 0. The summed E-state index contributed by atoms with van der Waals surface area (Å²) in [4.78, 5) is 24.4. The lowest BCUT2D eigenvalue weighted by Gasteiger charge is -2.19. The maximum Gasteiger partial charge on any atom is 0.304 e. The van der Waals surface area contributed by atoms with Crippen molar-refractivity contribution in [3.05, 3.63) is 29.3 Å². The number of carboxylic acids is 1. The minimum atomic E-state index is -0.849. The van der Waals surface area contributed by atoms with Gasteiger partial charge >= 0.3 is 5.97 Å². The fourth-order valence-corrected chi connectivity index (χ4v) is 1.88. The maximum atomic E-state index is 12.0. The quantitative estimate of drug-likeness (QED) is 0.800. The van der Waals surface area contributed by atoms with Gasteiger partial charge in [-0.15, -0.1) is 0 Å². The maximum absolute atomic E-state index is 12.0. The number of hydrogen-bond donors (Lipinski definition) is 2. The molecule has 5 heteroatoms. The summed E-state index contributed by atoms with van der Waals surface area (Å²) < 4.78 is 0. The molecule has 1 aromatic rings. The number of likely N-dealkylation sites (N-methyl/N-ethyl adjacent to an activating group) is 1. The van der Waals surface area contributed by atoms with Gasteiger partial charge in [-0.25, -0.2) is 0 Å². The molecule has 1 rings (SSSR count). The fraction of sp³-hybridized carbons (Fsp3) is 0.467. The Labute approximate surface area is 119 Å². The van der Waals surface area contributed by atoms with Gasteiger partial charge in [-0.2, -0.15) is 0 Å². The van der Waals surface area contributed by atoms with Crippen LogP contribution < -0.4 is 5.32 Å². The van der Waals surface area contributed by atoms with E-state index in [0.29, 0.717) is 13.1 Å². The number of carboxylic acid groups (broad SMARTS) is 1. The summed E-state index contributed by atoms with van der Waals surface area (Å²) in [5, 5.41) is 11.5. The Balaban J connectivity index is 2.57. The normalized spacial score (nSPS) is 10.6. The van der Waals surface area contributed by atoms with Crippen molar-refractivity contribution >= 4 is 17.6 Å². The molecular formula is C15H22N2O3. The number of aliphatic carboxylic acids is 1. The third kappa shape index (κ3) is 5.01. The van der Waals surface area contributed by atoms with Crippen LogP contribution in [0.15, 0.2) is 18.2 Å². The van der Waals surface area contributed by atoms with E-state index in [-0.39, 0.29) is 18.9 Å². The molecule has 0 saturated heterocycles. The van der Waals surface area contributed by atoms with Gasteiger partial charge < -0.3 is 10.4 Å².